The molecular weight excluding hydrogens is 268 g/mol. The second-order valence-electron chi connectivity index (χ2n) is 6.81. The van der Waals surface area contributed by atoms with Crippen molar-refractivity contribution in [1.82, 2.24) is 5.32 Å². The highest BCUT2D eigenvalue weighted by molar-refractivity contribution is 6.18. The molecule has 0 heterocycles. The normalized spacial score (nSPS) is 39.2. The van der Waals surface area contributed by atoms with Crippen molar-refractivity contribution >= 4 is 11.6 Å². The van der Waals surface area contributed by atoms with Gasteiger partial charge in [-0.15, -0.1) is 11.6 Å². The maximum Gasteiger partial charge on any atom is 0.248 e. The summed E-state index contributed by atoms with van der Waals surface area (Å²) in [6.07, 6.45) is 6.34. The van der Waals surface area contributed by atoms with Gasteiger partial charge in [-0.3, -0.25) is 0 Å². The summed E-state index contributed by atoms with van der Waals surface area (Å²) in [6.45, 7) is 2.96. The van der Waals surface area contributed by atoms with Gasteiger partial charge in [0.25, 0.3) is 0 Å². The first kappa shape index (κ1) is 15.5. The van der Waals surface area contributed by atoms with Crippen LogP contribution in [0.3, 0.4) is 0 Å². The summed E-state index contributed by atoms with van der Waals surface area (Å²) in [5, 5.41) is 3.56. The highest BCUT2D eigenvalue weighted by Gasteiger charge is 2.38. The summed E-state index contributed by atoms with van der Waals surface area (Å²) in [5.41, 5.74) is -0.00798. The van der Waals surface area contributed by atoms with Crippen LogP contribution in [0.4, 0.5) is 8.78 Å². The minimum Gasteiger partial charge on any atom is -0.310 e. The zero-order valence-corrected chi connectivity index (χ0v) is 12.6. The molecule has 3 atom stereocenters. The molecule has 2 fully saturated rings. The Kier molecular flexibility index (Phi) is 5.10. The van der Waals surface area contributed by atoms with Crippen LogP contribution in [0.1, 0.15) is 58.3 Å². The molecule has 0 radical (unpaired) electrons. The van der Waals surface area contributed by atoms with Crippen molar-refractivity contribution in [3.05, 3.63) is 0 Å². The van der Waals surface area contributed by atoms with Crippen LogP contribution in [-0.4, -0.2) is 23.9 Å². The molecule has 2 rings (SSSR count). The van der Waals surface area contributed by atoms with E-state index < -0.39 is 5.92 Å². The lowest BCUT2D eigenvalue weighted by Crippen LogP contribution is -2.52. The quantitative estimate of drug-likeness (QED) is 0.748. The first-order valence-corrected chi connectivity index (χ1v) is 8.17. The second-order valence-corrected chi connectivity index (χ2v) is 7.08. The lowest BCUT2D eigenvalue weighted by Gasteiger charge is -2.41. The van der Waals surface area contributed by atoms with Crippen LogP contribution in [0, 0.1) is 11.8 Å². The van der Waals surface area contributed by atoms with Crippen LogP contribution in [0.15, 0.2) is 0 Å². The summed E-state index contributed by atoms with van der Waals surface area (Å²) < 4.78 is 26.8. The summed E-state index contributed by atoms with van der Waals surface area (Å²) in [5.74, 6) is -1.05. The Balaban J connectivity index is 1.85. The fraction of sp³-hybridized carbons (Fsp3) is 1.00. The molecule has 2 aliphatic carbocycles. The molecule has 0 spiro atoms. The molecule has 19 heavy (non-hydrogen) atoms. The van der Waals surface area contributed by atoms with Crippen molar-refractivity contribution in [3.63, 3.8) is 0 Å². The fourth-order valence-electron chi connectivity index (χ4n) is 3.80. The van der Waals surface area contributed by atoms with Gasteiger partial charge in [0.15, 0.2) is 0 Å². The fourth-order valence-corrected chi connectivity index (χ4v) is 4.14. The standard InChI is InChI=1S/C15H26ClF2N/c1-12-4-2-6-14(8-12,11-16)19-10-13-5-3-7-15(17,18)9-13/h12-13,19H,2-11H2,1H3. The molecule has 2 saturated carbocycles. The molecule has 0 aliphatic heterocycles. The highest BCUT2D eigenvalue weighted by atomic mass is 35.5. The Morgan fingerprint density at radius 2 is 1.89 bits per heavy atom. The zero-order valence-electron chi connectivity index (χ0n) is 11.9. The van der Waals surface area contributed by atoms with Gasteiger partial charge >= 0.3 is 0 Å². The average Bonchev–Trinajstić information content (AvgIpc) is 2.35. The smallest absolute Gasteiger partial charge is 0.248 e. The van der Waals surface area contributed by atoms with E-state index in [1.165, 1.54) is 12.8 Å². The predicted molar refractivity (Wildman–Crippen MR) is 76.0 cm³/mol. The number of halogens is 3. The molecule has 1 nitrogen and oxygen atoms in total. The first-order valence-electron chi connectivity index (χ1n) is 7.64. The van der Waals surface area contributed by atoms with Crippen molar-refractivity contribution in [2.24, 2.45) is 11.8 Å². The van der Waals surface area contributed by atoms with Crippen molar-refractivity contribution < 1.29 is 8.78 Å². The minimum atomic E-state index is -2.45. The third-order valence-electron chi connectivity index (χ3n) is 4.86. The Labute approximate surface area is 120 Å². The van der Waals surface area contributed by atoms with E-state index >= 15 is 0 Å². The van der Waals surface area contributed by atoms with Crippen LogP contribution in [0.2, 0.25) is 0 Å². The van der Waals surface area contributed by atoms with Crippen LogP contribution in [0.25, 0.3) is 0 Å². The predicted octanol–water partition coefficient (Wildman–Crippen LogP) is 4.59. The average molecular weight is 294 g/mol. The van der Waals surface area contributed by atoms with E-state index in [9.17, 15) is 8.78 Å². The van der Waals surface area contributed by atoms with Gasteiger partial charge in [0, 0.05) is 24.3 Å². The number of hydrogen-bond acceptors (Lipinski definition) is 1. The van der Waals surface area contributed by atoms with Crippen LogP contribution in [0.5, 0.6) is 0 Å². The number of alkyl halides is 3. The summed E-state index contributed by atoms with van der Waals surface area (Å²) in [7, 11) is 0. The Hall–Kier alpha value is 0.110. The van der Waals surface area contributed by atoms with E-state index in [1.54, 1.807) is 0 Å². The van der Waals surface area contributed by atoms with E-state index in [-0.39, 0.29) is 24.3 Å². The maximum atomic E-state index is 13.4. The molecule has 1 N–H and O–H groups in total. The maximum absolute atomic E-state index is 13.4. The van der Waals surface area contributed by atoms with Crippen molar-refractivity contribution in [2.45, 2.75) is 69.8 Å². The largest absolute Gasteiger partial charge is 0.310 e. The number of hydrogen-bond donors (Lipinski definition) is 1. The molecule has 0 aromatic heterocycles. The molecule has 112 valence electrons. The summed E-state index contributed by atoms with van der Waals surface area (Å²) >= 11 is 6.17. The Morgan fingerprint density at radius 1 is 1.16 bits per heavy atom. The van der Waals surface area contributed by atoms with Crippen LogP contribution in [-0.2, 0) is 0 Å². The van der Waals surface area contributed by atoms with Gasteiger partial charge in [-0.2, -0.15) is 0 Å². The monoisotopic (exact) mass is 293 g/mol. The number of nitrogens with one attached hydrogen (secondary N) is 1. The molecule has 0 amide bonds. The Morgan fingerprint density at radius 3 is 2.53 bits per heavy atom. The summed E-state index contributed by atoms with van der Waals surface area (Å²) in [6, 6.07) is 0. The third-order valence-corrected chi connectivity index (χ3v) is 5.37. The van der Waals surface area contributed by atoms with Crippen molar-refractivity contribution in [3.8, 4) is 0 Å². The van der Waals surface area contributed by atoms with E-state index in [2.05, 4.69) is 12.2 Å². The minimum absolute atomic E-state index is 0.00798. The molecule has 3 unspecified atom stereocenters. The van der Waals surface area contributed by atoms with E-state index in [4.69, 9.17) is 11.6 Å². The molecule has 4 heteroatoms. The van der Waals surface area contributed by atoms with Gasteiger partial charge in [0.1, 0.15) is 0 Å². The number of rotatable bonds is 4. The van der Waals surface area contributed by atoms with Gasteiger partial charge < -0.3 is 5.32 Å². The van der Waals surface area contributed by atoms with Crippen molar-refractivity contribution in [2.75, 3.05) is 12.4 Å². The zero-order chi connectivity index (χ0) is 13.9. The third kappa shape index (κ3) is 4.29. The lowest BCUT2D eigenvalue weighted by atomic mass is 9.77. The molecular formula is C15H26ClF2N. The van der Waals surface area contributed by atoms with E-state index in [0.29, 0.717) is 24.8 Å². The topological polar surface area (TPSA) is 12.0 Å². The molecule has 0 saturated heterocycles. The highest BCUT2D eigenvalue weighted by Crippen LogP contribution is 2.38. The molecule has 0 aromatic carbocycles. The lowest BCUT2D eigenvalue weighted by molar-refractivity contribution is -0.0531. The SMILES string of the molecule is CC1CCCC(CCl)(NCC2CCCC(F)(F)C2)C1. The van der Waals surface area contributed by atoms with E-state index in [1.807, 2.05) is 0 Å². The second kappa shape index (κ2) is 6.26. The van der Waals surface area contributed by atoms with Crippen LogP contribution < -0.4 is 5.32 Å². The van der Waals surface area contributed by atoms with Gasteiger partial charge in [-0.25, -0.2) is 8.78 Å². The van der Waals surface area contributed by atoms with Crippen LogP contribution >= 0.6 is 11.6 Å². The first-order chi connectivity index (χ1) is 8.95. The van der Waals surface area contributed by atoms with Gasteiger partial charge in [0.05, 0.1) is 0 Å². The van der Waals surface area contributed by atoms with E-state index in [0.717, 1.165) is 19.3 Å². The summed E-state index contributed by atoms with van der Waals surface area (Å²) in [4.78, 5) is 0. The van der Waals surface area contributed by atoms with Gasteiger partial charge in [-0.1, -0.05) is 19.8 Å². The van der Waals surface area contributed by atoms with Crippen molar-refractivity contribution in [1.29, 1.82) is 0 Å². The molecule has 0 aromatic rings. The molecule has 2 aliphatic rings. The van der Waals surface area contributed by atoms with Gasteiger partial charge in [0.2, 0.25) is 5.92 Å². The Bertz CT molecular complexity index is 298. The molecule has 0 bridgehead atoms. The van der Waals surface area contributed by atoms with Gasteiger partial charge in [-0.05, 0) is 44.1 Å².